The standard InChI is InChI=1S/C6H5BrFN3/c7-5-3-10-6(8)1-4(5)2-11-9/h1-3H,9H2/b11-2-. The molecule has 0 amide bonds. The van der Waals surface area contributed by atoms with Crippen LogP contribution in [-0.4, -0.2) is 11.2 Å². The van der Waals surface area contributed by atoms with Crippen LogP contribution in [0.1, 0.15) is 5.56 Å². The third kappa shape index (κ3) is 1.98. The van der Waals surface area contributed by atoms with Gasteiger partial charge in [0.1, 0.15) is 0 Å². The smallest absolute Gasteiger partial charge is 0.213 e. The molecule has 0 spiro atoms. The second-order valence-electron chi connectivity index (χ2n) is 1.81. The average molecular weight is 218 g/mol. The third-order valence-corrected chi connectivity index (χ3v) is 1.73. The molecule has 2 N–H and O–H groups in total. The van der Waals surface area contributed by atoms with Crippen LogP contribution >= 0.6 is 15.9 Å². The van der Waals surface area contributed by atoms with E-state index < -0.39 is 5.95 Å². The molecular weight excluding hydrogens is 213 g/mol. The minimum absolute atomic E-state index is 0.553. The Labute approximate surface area is 71.3 Å². The Morgan fingerprint density at radius 2 is 2.45 bits per heavy atom. The van der Waals surface area contributed by atoms with E-state index in [2.05, 4.69) is 26.0 Å². The van der Waals surface area contributed by atoms with E-state index in [4.69, 9.17) is 5.84 Å². The van der Waals surface area contributed by atoms with Gasteiger partial charge in [0, 0.05) is 22.3 Å². The van der Waals surface area contributed by atoms with E-state index in [0.29, 0.717) is 10.0 Å². The first kappa shape index (κ1) is 8.13. The minimum Gasteiger partial charge on any atom is -0.323 e. The summed E-state index contributed by atoms with van der Waals surface area (Å²) in [6.07, 6.45) is 2.70. The maximum absolute atomic E-state index is 12.4. The first-order valence-electron chi connectivity index (χ1n) is 2.78. The van der Waals surface area contributed by atoms with Crippen molar-refractivity contribution in [2.45, 2.75) is 0 Å². The second kappa shape index (κ2) is 3.43. The molecule has 0 radical (unpaired) electrons. The largest absolute Gasteiger partial charge is 0.323 e. The van der Waals surface area contributed by atoms with E-state index in [0.717, 1.165) is 0 Å². The van der Waals surface area contributed by atoms with Gasteiger partial charge in [-0.2, -0.15) is 9.49 Å². The number of hydrogen-bond donors (Lipinski definition) is 1. The molecule has 11 heavy (non-hydrogen) atoms. The fourth-order valence-electron chi connectivity index (χ4n) is 0.607. The van der Waals surface area contributed by atoms with E-state index in [-0.39, 0.29) is 0 Å². The maximum atomic E-state index is 12.4. The minimum atomic E-state index is -0.553. The van der Waals surface area contributed by atoms with Crippen LogP contribution in [0.4, 0.5) is 4.39 Å². The van der Waals surface area contributed by atoms with Gasteiger partial charge < -0.3 is 5.84 Å². The fraction of sp³-hybridized carbons (Fsp3) is 0. The molecule has 3 nitrogen and oxygen atoms in total. The lowest BCUT2D eigenvalue weighted by Gasteiger charge is -1.94. The van der Waals surface area contributed by atoms with Gasteiger partial charge in [0.2, 0.25) is 5.95 Å². The monoisotopic (exact) mass is 217 g/mol. The molecule has 0 aliphatic carbocycles. The number of nitrogens with zero attached hydrogens (tertiary/aromatic N) is 2. The molecule has 0 unspecified atom stereocenters. The van der Waals surface area contributed by atoms with Crippen LogP contribution in [0.15, 0.2) is 21.8 Å². The molecule has 1 heterocycles. The van der Waals surface area contributed by atoms with Gasteiger partial charge in [-0.3, -0.25) is 0 Å². The number of hydrazone groups is 1. The molecule has 1 aromatic rings. The summed E-state index contributed by atoms with van der Waals surface area (Å²) < 4.78 is 13.1. The molecule has 0 saturated carbocycles. The Bertz CT molecular complexity index is 287. The Morgan fingerprint density at radius 1 is 1.73 bits per heavy atom. The molecule has 0 aliphatic rings. The van der Waals surface area contributed by atoms with Crippen LogP contribution in [0, 0.1) is 5.95 Å². The Hall–Kier alpha value is -0.970. The van der Waals surface area contributed by atoms with E-state index in [1.807, 2.05) is 0 Å². The normalized spacial score (nSPS) is 10.7. The van der Waals surface area contributed by atoms with Gasteiger partial charge in [-0.25, -0.2) is 4.98 Å². The zero-order valence-electron chi connectivity index (χ0n) is 5.46. The predicted octanol–water partition coefficient (Wildman–Crippen LogP) is 1.28. The van der Waals surface area contributed by atoms with Gasteiger partial charge in [-0.05, 0) is 15.9 Å². The van der Waals surface area contributed by atoms with Crippen LogP contribution in [0.2, 0.25) is 0 Å². The van der Waals surface area contributed by atoms with Gasteiger partial charge in [0.15, 0.2) is 0 Å². The molecule has 5 heteroatoms. The Balaban J connectivity index is 3.12. The summed E-state index contributed by atoms with van der Waals surface area (Å²) in [7, 11) is 0. The molecule has 1 aromatic heterocycles. The predicted molar refractivity (Wildman–Crippen MR) is 43.7 cm³/mol. The van der Waals surface area contributed by atoms with Gasteiger partial charge in [0.25, 0.3) is 0 Å². The van der Waals surface area contributed by atoms with Crippen molar-refractivity contribution in [3.63, 3.8) is 0 Å². The number of nitrogens with two attached hydrogens (primary N) is 1. The lowest BCUT2D eigenvalue weighted by molar-refractivity contribution is 0.583. The third-order valence-electron chi connectivity index (χ3n) is 1.07. The van der Waals surface area contributed by atoms with Crippen LogP contribution in [0.5, 0.6) is 0 Å². The highest BCUT2D eigenvalue weighted by Crippen LogP contribution is 2.13. The molecule has 0 atom stereocenters. The van der Waals surface area contributed by atoms with Crippen molar-refractivity contribution in [1.82, 2.24) is 4.98 Å². The van der Waals surface area contributed by atoms with Gasteiger partial charge >= 0.3 is 0 Å². The molecule has 58 valence electrons. The highest BCUT2D eigenvalue weighted by molar-refractivity contribution is 9.10. The van der Waals surface area contributed by atoms with Crippen molar-refractivity contribution < 1.29 is 4.39 Å². The molecule has 1 rings (SSSR count). The summed E-state index contributed by atoms with van der Waals surface area (Å²) in [4.78, 5) is 3.41. The number of aromatic nitrogens is 1. The maximum Gasteiger partial charge on any atom is 0.213 e. The Morgan fingerprint density at radius 3 is 3.09 bits per heavy atom. The van der Waals surface area contributed by atoms with Gasteiger partial charge in [-0.1, -0.05) is 0 Å². The van der Waals surface area contributed by atoms with Crippen LogP contribution < -0.4 is 5.84 Å². The average Bonchev–Trinajstić information content (AvgIpc) is 1.98. The summed E-state index contributed by atoms with van der Waals surface area (Å²) in [6, 6.07) is 1.24. The SMILES string of the molecule is N/N=C\c1cc(F)ncc1Br. The van der Waals surface area contributed by atoms with Crippen molar-refractivity contribution in [1.29, 1.82) is 0 Å². The highest BCUT2D eigenvalue weighted by atomic mass is 79.9. The van der Waals surface area contributed by atoms with Crippen molar-refractivity contribution in [3.05, 3.63) is 28.2 Å². The molecule has 0 saturated heterocycles. The second-order valence-corrected chi connectivity index (χ2v) is 2.66. The summed E-state index contributed by atoms with van der Waals surface area (Å²) >= 11 is 3.16. The Kier molecular flexibility index (Phi) is 2.53. The number of halogens is 2. The molecule has 0 bridgehead atoms. The quantitative estimate of drug-likeness (QED) is 0.334. The molecule has 0 aromatic carbocycles. The summed E-state index contributed by atoms with van der Waals surface area (Å²) in [5.41, 5.74) is 0.569. The molecular formula is C6H5BrFN3. The van der Waals surface area contributed by atoms with Crippen molar-refractivity contribution in [2.75, 3.05) is 0 Å². The lowest BCUT2D eigenvalue weighted by atomic mass is 10.3. The van der Waals surface area contributed by atoms with E-state index in [9.17, 15) is 4.39 Å². The highest BCUT2D eigenvalue weighted by Gasteiger charge is 1.98. The van der Waals surface area contributed by atoms with Gasteiger partial charge in [-0.15, -0.1) is 0 Å². The van der Waals surface area contributed by atoms with E-state index in [1.54, 1.807) is 0 Å². The van der Waals surface area contributed by atoms with Gasteiger partial charge in [0.05, 0.1) is 6.21 Å². The zero-order chi connectivity index (χ0) is 8.27. The first-order valence-corrected chi connectivity index (χ1v) is 3.57. The summed E-state index contributed by atoms with van der Waals surface area (Å²) in [6.45, 7) is 0. The van der Waals surface area contributed by atoms with Crippen molar-refractivity contribution in [2.24, 2.45) is 10.9 Å². The fourth-order valence-corrected chi connectivity index (χ4v) is 0.926. The molecule has 0 aliphatic heterocycles. The molecule has 0 fully saturated rings. The van der Waals surface area contributed by atoms with Crippen LogP contribution in [-0.2, 0) is 0 Å². The lowest BCUT2D eigenvalue weighted by Crippen LogP contribution is -1.91. The number of hydrogen-bond acceptors (Lipinski definition) is 3. The topological polar surface area (TPSA) is 51.3 Å². The first-order chi connectivity index (χ1) is 5.24. The summed E-state index contributed by atoms with van der Waals surface area (Å²) in [5, 5.41) is 3.26. The zero-order valence-corrected chi connectivity index (χ0v) is 7.05. The van der Waals surface area contributed by atoms with E-state index in [1.165, 1.54) is 18.5 Å². The van der Waals surface area contributed by atoms with Crippen LogP contribution in [0.3, 0.4) is 0 Å². The summed E-state index contributed by atoms with van der Waals surface area (Å²) in [5.74, 6) is 4.33. The van der Waals surface area contributed by atoms with Crippen LogP contribution in [0.25, 0.3) is 0 Å². The van der Waals surface area contributed by atoms with Crippen molar-refractivity contribution >= 4 is 22.1 Å². The van der Waals surface area contributed by atoms with Crippen molar-refractivity contribution in [3.8, 4) is 0 Å². The number of rotatable bonds is 1. The van der Waals surface area contributed by atoms with E-state index >= 15 is 0 Å². The number of pyridine rings is 1.